The van der Waals surface area contributed by atoms with Crippen molar-refractivity contribution in [1.29, 1.82) is 0 Å². The van der Waals surface area contributed by atoms with Gasteiger partial charge in [-0.1, -0.05) is 0 Å². The van der Waals surface area contributed by atoms with Gasteiger partial charge in [0.25, 0.3) is 5.56 Å². The van der Waals surface area contributed by atoms with Gasteiger partial charge in [0.2, 0.25) is 5.91 Å². The van der Waals surface area contributed by atoms with Crippen LogP contribution in [0.3, 0.4) is 0 Å². The summed E-state index contributed by atoms with van der Waals surface area (Å²) in [4.78, 5) is 37.4. The molecular formula is C23H23N3O4S2. The molecular weight excluding hydrogens is 446 g/mol. The predicted octanol–water partition coefficient (Wildman–Crippen LogP) is 4.24. The Morgan fingerprint density at radius 2 is 2.00 bits per heavy atom. The van der Waals surface area contributed by atoms with E-state index < -0.39 is 0 Å². The highest BCUT2D eigenvalue weighted by Crippen LogP contribution is 2.35. The third-order valence-electron chi connectivity index (χ3n) is 5.14. The maximum absolute atomic E-state index is 12.8. The number of carbonyl (C=O) groups excluding carboxylic acids is 1. The maximum Gasteiger partial charge on any atom is 0.260 e. The highest BCUT2D eigenvalue weighted by Gasteiger charge is 2.18. The molecule has 32 heavy (non-hydrogen) atoms. The van der Waals surface area contributed by atoms with Crippen molar-refractivity contribution in [3.63, 3.8) is 0 Å². The Labute approximate surface area is 193 Å². The van der Waals surface area contributed by atoms with Crippen LogP contribution >= 0.6 is 22.7 Å². The van der Waals surface area contributed by atoms with Crippen molar-refractivity contribution >= 4 is 38.8 Å². The number of hydrogen-bond acceptors (Lipinski definition) is 7. The first-order valence-corrected chi connectivity index (χ1v) is 11.6. The smallest absolute Gasteiger partial charge is 0.260 e. The minimum absolute atomic E-state index is 0.000687. The first-order chi connectivity index (χ1) is 15.4. The predicted molar refractivity (Wildman–Crippen MR) is 128 cm³/mol. The number of thiophene rings is 2. The highest BCUT2D eigenvalue weighted by atomic mass is 32.1. The van der Waals surface area contributed by atoms with E-state index in [-0.39, 0.29) is 17.9 Å². The van der Waals surface area contributed by atoms with E-state index in [9.17, 15) is 9.59 Å². The number of aromatic nitrogens is 2. The molecule has 4 rings (SSSR count). The highest BCUT2D eigenvalue weighted by molar-refractivity contribution is 7.19. The molecule has 3 aromatic heterocycles. The van der Waals surface area contributed by atoms with Gasteiger partial charge in [0.05, 0.1) is 26.0 Å². The Kier molecular flexibility index (Phi) is 6.29. The Morgan fingerprint density at radius 3 is 2.69 bits per heavy atom. The van der Waals surface area contributed by atoms with Crippen LogP contribution in [0.2, 0.25) is 0 Å². The van der Waals surface area contributed by atoms with Crippen LogP contribution in [0, 0.1) is 6.92 Å². The molecule has 0 bridgehead atoms. The second-order valence-corrected chi connectivity index (χ2v) is 9.50. The van der Waals surface area contributed by atoms with Crippen molar-refractivity contribution in [2.24, 2.45) is 0 Å². The van der Waals surface area contributed by atoms with Gasteiger partial charge >= 0.3 is 0 Å². The zero-order valence-corrected chi connectivity index (χ0v) is 19.9. The molecule has 0 saturated heterocycles. The first-order valence-electron chi connectivity index (χ1n) is 9.91. The van der Waals surface area contributed by atoms with Crippen molar-refractivity contribution < 1.29 is 14.3 Å². The molecule has 4 aromatic rings. The van der Waals surface area contributed by atoms with E-state index in [1.54, 1.807) is 43.6 Å². The van der Waals surface area contributed by atoms with Crippen LogP contribution in [0.15, 0.2) is 40.5 Å². The summed E-state index contributed by atoms with van der Waals surface area (Å²) >= 11 is 3.05. The molecule has 0 aliphatic carbocycles. The number of H-pyrrole nitrogens is 1. The number of fused-ring (bicyclic) bond motifs is 1. The number of aromatic amines is 1. The SMILES string of the molecule is COc1ccc(OC)c(CN(C)C(=O)Cc2nc3scc(-c4ccc(C)s4)c3c(=O)[nH]2)c1. The topological polar surface area (TPSA) is 84.5 Å². The van der Waals surface area contributed by atoms with Gasteiger partial charge in [-0.05, 0) is 37.3 Å². The fourth-order valence-corrected chi connectivity index (χ4v) is 5.39. The monoisotopic (exact) mass is 469 g/mol. The van der Waals surface area contributed by atoms with E-state index in [1.165, 1.54) is 16.2 Å². The van der Waals surface area contributed by atoms with Crippen LogP contribution in [-0.4, -0.2) is 42.0 Å². The lowest BCUT2D eigenvalue weighted by Gasteiger charge is -2.19. The Hall–Kier alpha value is -3.17. The lowest BCUT2D eigenvalue weighted by atomic mass is 10.1. The minimum atomic E-state index is -0.225. The van der Waals surface area contributed by atoms with Gasteiger partial charge in [-0.2, -0.15) is 0 Å². The summed E-state index contributed by atoms with van der Waals surface area (Å²) < 4.78 is 10.7. The number of benzene rings is 1. The zero-order chi connectivity index (χ0) is 22.8. The van der Waals surface area contributed by atoms with Gasteiger partial charge in [-0.25, -0.2) is 4.98 Å². The van der Waals surface area contributed by atoms with Gasteiger partial charge in [0.15, 0.2) is 0 Å². The number of carbonyl (C=O) groups is 1. The number of aryl methyl sites for hydroxylation is 1. The zero-order valence-electron chi connectivity index (χ0n) is 18.2. The third kappa shape index (κ3) is 4.39. The molecule has 1 aromatic carbocycles. The molecule has 7 nitrogen and oxygen atoms in total. The lowest BCUT2D eigenvalue weighted by molar-refractivity contribution is -0.129. The van der Waals surface area contributed by atoms with Crippen molar-refractivity contribution in [3.05, 3.63) is 62.3 Å². The van der Waals surface area contributed by atoms with E-state index in [2.05, 4.69) is 9.97 Å². The summed E-state index contributed by atoms with van der Waals surface area (Å²) in [5.74, 6) is 1.55. The van der Waals surface area contributed by atoms with E-state index >= 15 is 0 Å². The third-order valence-corrected chi connectivity index (χ3v) is 7.04. The maximum atomic E-state index is 12.8. The summed E-state index contributed by atoms with van der Waals surface area (Å²) in [6.07, 6.45) is -0.000687. The quantitative estimate of drug-likeness (QED) is 0.438. The summed E-state index contributed by atoms with van der Waals surface area (Å²) in [7, 11) is 4.89. The molecule has 0 spiro atoms. The first kappa shape index (κ1) is 22.0. The molecule has 0 unspecified atom stereocenters. The molecule has 166 valence electrons. The number of nitrogens with one attached hydrogen (secondary N) is 1. The molecule has 0 radical (unpaired) electrons. The summed E-state index contributed by atoms with van der Waals surface area (Å²) in [6, 6.07) is 9.50. The summed E-state index contributed by atoms with van der Waals surface area (Å²) in [6.45, 7) is 2.37. The number of amides is 1. The molecule has 1 N–H and O–H groups in total. The van der Waals surface area contributed by atoms with E-state index in [0.717, 1.165) is 16.0 Å². The van der Waals surface area contributed by atoms with Crippen molar-refractivity contribution in [3.8, 4) is 21.9 Å². The van der Waals surface area contributed by atoms with Crippen LogP contribution in [-0.2, 0) is 17.8 Å². The molecule has 9 heteroatoms. The second-order valence-electron chi connectivity index (χ2n) is 7.36. The van der Waals surface area contributed by atoms with Crippen LogP contribution in [0.1, 0.15) is 16.3 Å². The number of methoxy groups -OCH3 is 2. The van der Waals surface area contributed by atoms with Gasteiger partial charge in [-0.15, -0.1) is 22.7 Å². The molecule has 0 aliphatic rings. The summed E-state index contributed by atoms with van der Waals surface area (Å²) in [5.41, 5.74) is 1.49. The van der Waals surface area contributed by atoms with Crippen LogP contribution < -0.4 is 15.0 Å². The Balaban J connectivity index is 1.54. The standard InChI is InChI=1S/C23H23N3O4S2/c1-13-5-8-18(32-13)16-12-31-23-21(16)22(28)24-19(25-23)10-20(27)26(2)11-14-9-15(29-3)6-7-17(14)30-4/h5-9,12H,10-11H2,1-4H3,(H,24,25,28). The number of nitrogens with zero attached hydrogens (tertiary/aromatic N) is 2. The Morgan fingerprint density at radius 1 is 1.19 bits per heavy atom. The molecule has 0 aliphatic heterocycles. The van der Waals surface area contributed by atoms with E-state index in [4.69, 9.17) is 9.47 Å². The van der Waals surface area contributed by atoms with Crippen LogP contribution in [0.4, 0.5) is 0 Å². The van der Waals surface area contributed by atoms with Crippen molar-refractivity contribution in [1.82, 2.24) is 14.9 Å². The fourth-order valence-electron chi connectivity index (χ4n) is 3.47. The van der Waals surface area contributed by atoms with Crippen molar-refractivity contribution in [2.75, 3.05) is 21.3 Å². The average molecular weight is 470 g/mol. The largest absolute Gasteiger partial charge is 0.497 e. The number of hydrogen-bond donors (Lipinski definition) is 1. The molecule has 3 heterocycles. The number of likely N-dealkylation sites (N-methyl/N-ethyl adjacent to an activating group) is 1. The number of ether oxygens (including phenoxy) is 2. The molecule has 1 amide bonds. The van der Waals surface area contributed by atoms with E-state index in [1.807, 2.05) is 36.6 Å². The van der Waals surface area contributed by atoms with Gasteiger partial charge in [0, 0.05) is 39.9 Å². The minimum Gasteiger partial charge on any atom is -0.497 e. The number of rotatable bonds is 7. The normalized spacial score (nSPS) is 11.0. The summed E-state index contributed by atoms with van der Waals surface area (Å²) in [5, 5.41) is 2.52. The molecule has 0 atom stereocenters. The van der Waals surface area contributed by atoms with Gasteiger partial charge < -0.3 is 19.4 Å². The van der Waals surface area contributed by atoms with Crippen molar-refractivity contribution in [2.45, 2.75) is 19.9 Å². The van der Waals surface area contributed by atoms with Gasteiger partial charge in [0.1, 0.15) is 22.2 Å². The lowest BCUT2D eigenvalue weighted by Crippen LogP contribution is -2.29. The Bertz CT molecular complexity index is 1340. The average Bonchev–Trinajstić information content (AvgIpc) is 3.39. The molecule has 0 saturated carbocycles. The van der Waals surface area contributed by atoms with Gasteiger partial charge in [-0.3, -0.25) is 9.59 Å². The second kappa shape index (κ2) is 9.13. The molecule has 0 fully saturated rings. The van der Waals surface area contributed by atoms with Crippen LogP contribution in [0.5, 0.6) is 11.5 Å². The fraction of sp³-hybridized carbons (Fsp3) is 0.261. The van der Waals surface area contributed by atoms with Crippen LogP contribution in [0.25, 0.3) is 20.7 Å². The van der Waals surface area contributed by atoms with E-state index in [0.29, 0.717) is 34.1 Å².